The van der Waals surface area contributed by atoms with E-state index in [1.165, 1.54) is 0 Å². The van der Waals surface area contributed by atoms with Gasteiger partial charge in [0.25, 0.3) is 0 Å². The minimum atomic E-state index is -0.774. The second-order valence-electron chi connectivity index (χ2n) is 8.42. The molecule has 0 spiro atoms. The molecule has 2 atom stereocenters. The monoisotopic (exact) mass is 597 g/mol. The average Bonchev–Trinajstić information content (AvgIpc) is 3.20. The molecule has 0 radical (unpaired) electrons. The Labute approximate surface area is 217 Å². The van der Waals surface area contributed by atoms with Crippen molar-refractivity contribution < 1.29 is 24.8 Å². The fraction of sp³-hybridized carbons (Fsp3) is 0.417. The van der Waals surface area contributed by atoms with Crippen LogP contribution in [0.3, 0.4) is 0 Å². The molecule has 0 amide bonds. The summed E-state index contributed by atoms with van der Waals surface area (Å²) in [6.45, 7) is 4.57. The summed E-state index contributed by atoms with van der Waals surface area (Å²) in [5.41, 5.74) is 2.46. The van der Waals surface area contributed by atoms with Crippen LogP contribution in [0.15, 0.2) is 48.5 Å². The van der Waals surface area contributed by atoms with Crippen molar-refractivity contribution in [1.82, 2.24) is 15.0 Å². The number of rotatable bonds is 12. The van der Waals surface area contributed by atoms with Crippen LogP contribution in [0.4, 0.5) is 0 Å². The van der Waals surface area contributed by atoms with Crippen LogP contribution in [-0.4, -0.2) is 61.6 Å². The van der Waals surface area contributed by atoms with Gasteiger partial charge >= 0.3 is 0 Å². The van der Waals surface area contributed by atoms with Crippen LogP contribution in [0.25, 0.3) is 0 Å². The maximum absolute atomic E-state index is 10.3. The van der Waals surface area contributed by atoms with Crippen LogP contribution in [0, 0.1) is 3.70 Å². The molecule has 0 saturated carbocycles. The number of aliphatic hydroxyl groups excluding tert-OH is 3. The molecule has 10 heteroatoms. The largest absolute Gasteiger partial charge is 0.491 e. The highest BCUT2D eigenvalue weighted by atomic mass is 123. The highest BCUT2D eigenvalue weighted by Crippen LogP contribution is 2.33. The number of hydrogen-bond acceptors (Lipinski definition) is 7. The van der Waals surface area contributed by atoms with E-state index >= 15 is 0 Å². The number of ether oxygens (including phenoxy) is 2. The fourth-order valence-corrected chi connectivity index (χ4v) is 4.00. The second kappa shape index (κ2) is 12.2. The number of nitrogens with zero attached hydrogens (tertiary/aromatic N) is 3. The number of aliphatic hydroxyl groups is 3. The highest BCUT2D eigenvalue weighted by Gasteiger charge is 2.23. The molecule has 1 heterocycles. The van der Waals surface area contributed by atoms with Gasteiger partial charge in [-0.25, -0.2) is 4.68 Å². The predicted molar refractivity (Wildman–Crippen MR) is 137 cm³/mol. The molecule has 0 fully saturated rings. The normalized spacial score (nSPS) is 13.5. The van der Waals surface area contributed by atoms with Crippen molar-refractivity contribution in [3.63, 3.8) is 0 Å². The Morgan fingerprint density at radius 2 is 1.44 bits per heavy atom. The van der Waals surface area contributed by atoms with Crippen molar-refractivity contribution in [2.45, 2.75) is 44.6 Å². The Balaban J connectivity index is 1.56. The summed E-state index contributed by atoms with van der Waals surface area (Å²) in [5, 5.41) is 36.8. The molecule has 8 nitrogen and oxygen atoms in total. The van der Waals surface area contributed by atoms with E-state index in [2.05, 4.69) is 24.2 Å². The Hall–Kier alpha value is -1.92. The molecule has 0 unspecified atom stereocenters. The topological polar surface area (TPSA) is 110 Å². The number of aromatic nitrogens is 3. The lowest BCUT2D eigenvalue weighted by Gasteiger charge is -2.26. The molecule has 0 saturated heterocycles. The highest BCUT2D eigenvalue weighted by molar-refractivity contribution is 14.1. The lowest BCUT2D eigenvalue weighted by atomic mass is 9.78. The zero-order valence-electron chi connectivity index (χ0n) is 19.1. The molecule has 184 valence electrons. The summed E-state index contributed by atoms with van der Waals surface area (Å²) >= 11 is 7.64. The van der Waals surface area contributed by atoms with Gasteiger partial charge in [-0.1, -0.05) is 43.3 Å². The van der Waals surface area contributed by atoms with Gasteiger partial charge in [0.15, 0.2) is 0 Å². The van der Waals surface area contributed by atoms with Crippen LogP contribution in [0.1, 0.15) is 30.7 Å². The van der Waals surface area contributed by atoms with Crippen LogP contribution in [0.5, 0.6) is 11.5 Å². The zero-order chi connectivity index (χ0) is 24.7. The number of halogens is 2. The quantitative estimate of drug-likeness (QED) is 0.217. The number of hydrogen-bond donors (Lipinski definition) is 3. The Bertz CT molecular complexity index is 1040. The Kier molecular flexibility index (Phi) is 9.55. The van der Waals surface area contributed by atoms with Gasteiger partial charge in [-0.05, 0) is 58.0 Å². The second-order valence-corrected chi connectivity index (χ2v) is 9.76. The van der Waals surface area contributed by atoms with Crippen LogP contribution >= 0.6 is 34.2 Å². The first-order valence-electron chi connectivity index (χ1n) is 10.8. The third-order valence-electron chi connectivity index (χ3n) is 5.49. The first-order chi connectivity index (χ1) is 16.2. The van der Waals surface area contributed by atoms with Crippen molar-refractivity contribution in [3.05, 3.63) is 69.1 Å². The van der Waals surface area contributed by atoms with Crippen LogP contribution in [-0.2, 0) is 18.6 Å². The molecule has 3 rings (SSSR count). The summed E-state index contributed by atoms with van der Waals surface area (Å²) in [6, 6.07) is 15.6. The molecular weight excluding hydrogens is 569 g/mol. The maximum atomic E-state index is 10.3. The molecule has 2 aromatic carbocycles. The summed E-state index contributed by atoms with van der Waals surface area (Å²) in [4.78, 5) is 0. The zero-order valence-corrected chi connectivity index (χ0v) is 22.0. The van der Waals surface area contributed by atoms with Gasteiger partial charge in [-0.3, -0.25) is 0 Å². The maximum Gasteiger partial charge on any atom is 0.125 e. The summed E-state index contributed by atoms with van der Waals surface area (Å²) in [6.07, 6.45) is -1.46. The summed E-state index contributed by atoms with van der Waals surface area (Å²) < 4.78 is 13.5. The summed E-state index contributed by atoms with van der Waals surface area (Å²) in [5.74, 6) is 1.47. The van der Waals surface area contributed by atoms with Crippen LogP contribution in [0.2, 0.25) is 0 Å². The van der Waals surface area contributed by atoms with E-state index in [1.54, 1.807) is 4.68 Å². The molecule has 3 N–H and O–H groups in total. The van der Waals surface area contributed by atoms with E-state index in [1.807, 2.05) is 71.1 Å². The third kappa shape index (κ3) is 6.82. The van der Waals surface area contributed by atoms with Crippen molar-refractivity contribution in [3.8, 4) is 11.5 Å². The molecule has 0 aliphatic rings. The van der Waals surface area contributed by atoms with E-state index in [0.29, 0.717) is 20.9 Å². The lowest BCUT2D eigenvalue weighted by molar-refractivity contribution is 0.0881. The first-order valence-corrected chi connectivity index (χ1v) is 12.4. The molecule has 0 bridgehead atoms. The Morgan fingerprint density at radius 3 is 1.88 bits per heavy atom. The van der Waals surface area contributed by atoms with Gasteiger partial charge in [0.1, 0.15) is 46.3 Å². The van der Waals surface area contributed by atoms with E-state index in [9.17, 15) is 15.3 Å². The molecular formula is C24H29ClIN3O5. The number of alkyl halides is 1. The van der Waals surface area contributed by atoms with Gasteiger partial charge in [-0.2, -0.15) is 0 Å². The van der Waals surface area contributed by atoms with Crippen molar-refractivity contribution >= 4 is 34.2 Å². The minimum absolute atomic E-state index is 0.104. The molecule has 3 aromatic rings. The number of benzene rings is 2. The molecule has 0 aliphatic carbocycles. The van der Waals surface area contributed by atoms with Gasteiger partial charge in [0, 0.05) is 5.41 Å². The summed E-state index contributed by atoms with van der Waals surface area (Å²) in [7, 11) is 0. The predicted octanol–water partition coefficient (Wildman–Crippen LogP) is 3.12. The van der Waals surface area contributed by atoms with Gasteiger partial charge in [0.2, 0.25) is 0 Å². The Morgan fingerprint density at radius 1 is 0.941 bits per heavy atom. The SMILES string of the molecule is CC(C)(c1ccc(OC[C@@H](O)CCl)cc1)c1ccc(OC[C@H](O)Cn2nnc(CO)c2[123I])cc1. The van der Waals surface area contributed by atoms with Crippen LogP contribution < -0.4 is 9.47 Å². The molecule has 0 aliphatic heterocycles. The first kappa shape index (κ1) is 26.7. The van der Waals surface area contributed by atoms with E-state index in [4.69, 9.17) is 21.1 Å². The smallest absolute Gasteiger partial charge is 0.125 e. The minimum Gasteiger partial charge on any atom is -0.491 e. The molecule has 1 aromatic heterocycles. The molecule has 34 heavy (non-hydrogen) atoms. The van der Waals surface area contributed by atoms with Gasteiger partial charge in [0.05, 0.1) is 19.0 Å². The standard InChI is InChI=1S/C24H29ClIN3O5/c1-24(2,16-3-7-20(8-4-16)33-14-18(31)11-25)17-5-9-21(10-6-17)34-15-19(32)12-29-23(26)22(13-30)27-28-29/h3-10,18-19,30-32H,11-15H2,1-2H3/t18-,19+/m0/s1/i26-4. The third-order valence-corrected chi connectivity index (χ3v) is 7.02. The van der Waals surface area contributed by atoms with Crippen molar-refractivity contribution in [2.75, 3.05) is 19.1 Å². The van der Waals surface area contributed by atoms with Crippen molar-refractivity contribution in [2.24, 2.45) is 0 Å². The van der Waals surface area contributed by atoms with Crippen molar-refractivity contribution in [1.29, 1.82) is 0 Å². The van der Waals surface area contributed by atoms with Gasteiger partial charge in [-0.15, -0.1) is 16.7 Å². The average molecular weight is 598 g/mol. The van der Waals surface area contributed by atoms with E-state index < -0.39 is 12.2 Å². The van der Waals surface area contributed by atoms with E-state index in [0.717, 1.165) is 11.1 Å². The fourth-order valence-electron chi connectivity index (χ4n) is 3.34. The van der Waals surface area contributed by atoms with Gasteiger partial charge < -0.3 is 24.8 Å². The lowest BCUT2D eigenvalue weighted by Crippen LogP contribution is -2.25. The van der Waals surface area contributed by atoms with E-state index in [-0.39, 0.29) is 37.7 Å².